The van der Waals surface area contributed by atoms with Gasteiger partial charge in [0.15, 0.2) is 5.78 Å². The number of hydrogen-bond donors (Lipinski definition) is 0. The third-order valence-electron chi connectivity index (χ3n) is 2.47. The fourth-order valence-electron chi connectivity index (χ4n) is 1.65. The van der Waals surface area contributed by atoms with E-state index in [1.807, 2.05) is 12.3 Å². The molecule has 94 valence electrons. The Morgan fingerprint density at radius 3 is 2.89 bits per heavy atom. The first-order valence-corrected chi connectivity index (χ1v) is 6.63. The molecule has 18 heavy (non-hydrogen) atoms. The third kappa shape index (κ3) is 2.89. The molecule has 2 aromatic rings. The van der Waals surface area contributed by atoms with Crippen molar-refractivity contribution in [3.63, 3.8) is 0 Å². The summed E-state index contributed by atoms with van der Waals surface area (Å²) in [5.41, 5.74) is 1.28. The number of carbonyl (C=O) groups is 1. The summed E-state index contributed by atoms with van der Waals surface area (Å²) in [5, 5.41) is 3.37. The molecule has 0 fully saturated rings. The molecule has 0 aliphatic heterocycles. The highest BCUT2D eigenvalue weighted by Crippen LogP contribution is 2.24. The number of ether oxygens (including phenoxy) is 1. The van der Waals surface area contributed by atoms with Crippen molar-refractivity contribution in [3.05, 3.63) is 44.9 Å². The molecule has 0 aliphatic rings. The van der Waals surface area contributed by atoms with Gasteiger partial charge in [-0.3, -0.25) is 4.79 Å². The van der Waals surface area contributed by atoms with Crippen LogP contribution in [0.1, 0.15) is 21.1 Å². The molecule has 0 unspecified atom stereocenters. The fourth-order valence-corrected chi connectivity index (χ4v) is 2.43. The van der Waals surface area contributed by atoms with Crippen LogP contribution in [0.25, 0.3) is 0 Å². The minimum atomic E-state index is -0.0420. The number of hydrogen-bond acceptors (Lipinski definition) is 4. The van der Waals surface area contributed by atoms with E-state index >= 15 is 0 Å². The Morgan fingerprint density at radius 2 is 2.28 bits per heavy atom. The van der Waals surface area contributed by atoms with Gasteiger partial charge in [-0.05, 0) is 25.1 Å². The predicted octanol–water partition coefficient (Wildman–Crippen LogP) is 3.54. The van der Waals surface area contributed by atoms with Crippen LogP contribution in [0.15, 0.2) is 23.6 Å². The molecule has 0 atom stereocenters. The Bertz CT molecular complexity index is 580. The van der Waals surface area contributed by atoms with Crippen molar-refractivity contribution in [3.8, 4) is 5.75 Å². The SMILES string of the molecule is COc1ccc(Cl)cc1C(=O)Cc1csc(C)n1. The van der Waals surface area contributed by atoms with Crippen LogP contribution in [0.3, 0.4) is 0 Å². The topological polar surface area (TPSA) is 39.2 Å². The largest absolute Gasteiger partial charge is 0.496 e. The van der Waals surface area contributed by atoms with Crippen molar-refractivity contribution in [2.24, 2.45) is 0 Å². The van der Waals surface area contributed by atoms with Gasteiger partial charge in [-0.25, -0.2) is 4.98 Å². The van der Waals surface area contributed by atoms with Gasteiger partial charge in [-0.1, -0.05) is 11.6 Å². The maximum atomic E-state index is 12.2. The maximum Gasteiger partial charge on any atom is 0.172 e. The van der Waals surface area contributed by atoms with Crippen molar-refractivity contribution in [2.75, 3.05) is 7.11 Å². The van der Waals surface area contributed by atoms with E-state index in [2.05, 4.69) is 4.98 Å². The summed E-state index contributed by atoms with van der Waals surface area (Å²) in [6.45, 7) is 1.92. The van der Waals surface area contributed by atoms with Gasteiger partial charge in [0.25, 0.3) is 0 Å². The number of thiazole rings is 1. The Kier molecular flexibility index (Phi) is 3.99. The van der Waals surface area contributed by atoms with Gasteiger partial charge in [0.1, 0.15) is 5.75 Å². The Balaban J connectivity index is 2.25. The van der Waals surface area contributed by atoms with Crippen molar-refractivity contribution in [1.29, 1.82) is 0 Å². The van der Waals surface area contributed by atoms with Crippen molar-refractivity contribution in [2.45, 2.75) is 13.3 Å². The molecule has 0 N–H and O–H groups in total. The van der Waals surface area contributed by atoms with Crippen LogP contribution in [-0.2, 0) is 6.42 Å². The number of methoxy groups -OCH3 is 1. The molecule has 5 heteroatoms. The highest BCUT2D eigenvalue weighted by Gasteiger charge is 2.14. The standard InChI is InChI=1S/C13H12ClNO2S/c1-8-15-10(7-18-8)6-12(16)11-5-9(14)3-4-13(11)17-2/h3-5,7H,6H2,1-2H3. The van der Waals surface area contributed by atoms with Crippen molar-refractivity contribution in [1.82, 2.24) is 4.98 Å². The van der Waals surface area contributed by atoms with Crippen LogP contribution in [0, 0.1) is 6.92 Å². The smallest absolute Gasteiger partial charge is 0.172 e. The summed E-state index contributed by atoms with van der Waals surface area (Å²) in [4.78, 5) is 16.5. The van der Waals surface area contributed by atoms with E-state index in [4.69, 9.17) is 16.3 Å². The summed E-state index contributed by atoms with van der Waals surface area (Å²) in [5.74, 6) is 0.496. The number of Topliss-reactive ketones (excluding diaryl/α,β-unsaturated/α-hetero) is 1. The summed E-state index contributed by atoms with van der Waals surface area (Å²) < 4.78 is 5.17. The number of benzene rings is 1. The lowest BCUT2D eigenvalue weighted by atomic mass is 10.1. The van der Waals surface area contributed by atoms with Crippen molar-refractivity contribution < 1.29 is 9.53 Å². The maximum absolute atomic E-state index is 12.2. The van der Waals surface area contributed by atoms with E-state index in [-0.39, 0.29) is 12.2 Å². The van der Waals surface area contributed by atoms with Crippen LogP contribution >= 0.6 is 22.9 Å². The first kappa shape index (κ1) is 13.1. The lowest BCUT2D eigenvalue weighted by Crippen LogP contribution is -2.06. The summed E-state index contributed by atoms with van der Waals surface area (Å²) in [6.07, 6.45) is 0.265. The third-order valence-corrected chi connectivity index (χ3v) is 3.53. The zero-order chi connectivity index (χ0) is 13.1. The second-order valence-corrected chi connectivity index (χ2v) is 5.30. The molecule has 2 rings (SSSR count). The van der Waals surface area contributed by atoms with E-state index in [1.165, 1.54) is 18.4 Å². The number of rotatable bonds is 4. The van der Waals surface area contributed by atoms with Crippen LogP contribution in [0.4, 0.5) is 0 Å². The highest BCUT2D eigenvalue weighted by atomic mass is 35.5. The first-order valence-electron chi connectivity index (χ1n) is 5.38. The van der Waals surface area contributed by atoms with Gasteiger partial charge in [0.05, 0.1) is 29.8 Å². The monoisotopic (exact) mass is 281 g/mol. The second kappa shape index (κ2) is 5.50. The fraction of sp³-hybridized carbons (Fsp3) is 0.231. The highest BCUT2D eigenvalue weighted by molar-refractivity contribution is 7.09. The molecule has 1 aromatic heterocycles. The minimum absolute atomic E-state index is 0.0420. The molecule has 0 amide bonds. The molecule has 0 spiro atoms. The van der Waals surface area contributed by atoms with Gasteiger partial charge in [-0.15, -0.1) is 11.3 Å². The van der Waals surface area contributed by atoms with E-state index in [9.17, 15) is 4.79 Å². The number of halogens is 1. The lowest BCUT2D eigenvalue weighted by Gasteiger charge is -2.07. The van der Waals surface area contributed by atoms with Gasteiger partial charge in [-0.2, -0.15) is 0 Å². The number of nitrogens with zero attached hydrogens (tertiary/aromatic N) is 1. The first-order chi connectivity index (χ1) is 8.60. The molecule has 0 saturated heterocycles. The van der Waals surface area contributed by atoms with E-state index in [1.54, 1.807) is 18.2 Å². The number of aryl methyl sites for hydroxylation is 1. The number of ketones is 1. The van der Waals surface area contributed by atoms with Crippen molar-refractivity contribution >= 4 is 28.7 Å². The van der Waals surface area contributed by atoms with E-state index in [0.717, 1.165) is 10.7 Å². The Hall–Kier alpha value is -1.39. The molecular formula is C13H12ClNO2S. The average Bonchev–Trinajstić information content (AvgIpc) is 2.74. The van der Waals surface area contributed by atoms with Gasteiger partial charge in [0, 0.05) is 10.4 Å². The molecule has 3 nitrogen and oxygen atoms in total. The number of aromatic nitrogens is 1. The van der Waals surface area contributed by atoms with E-state index < -0.39 is 0 Å². The molecule has 0 radical (unpaired) electrons. The van der Waals surface area contributed by atoms with Crippen LogP contribution in [0.2, 0.25) is 5.02 Å². The molecule has 0 bridgehead atoms. The summed E-state index contributed by atoms with van der Waals surface area (Å²) in [7, 11) is 1.53. The molecule has 1 heterocycles. The molecule has 1 aromatic carbocycles. The van der Waals surface area contributed by atoms with Gasteiger partial charge < -0.3 is 4.74 Å². The average molecular weight is 282 g/mol. The molecule has 0 aliphatic carbocycles. The Labute approximate surface area is 114 Å². The second-order valence-electron chi connectivity index (χ2n) is 3.80. The van der Waals surface area contributed by atoms with Gasteiger partial charge >= 0.3 is 0 Å². The predicted molar refractivity (Wildman–Crippen MR) is 72.9 cm³/mol. The minimum Gasteiger partial charge on any atom is -0.496 e. The normalized spacial score (nSPS) is 10.4. The quantitative estimate of drug-likeness (QED) is 0.805. The summed E-state index contributed by atoms with van der Waals surface area (Å²) in [6, 6.07) is 5.02. The number of carbonyl (C=O) groups excluding carboxylic acids is 1. The summed E-state index contributed by atoms with van der Waals surface area (Å²) >= 11 is 7.44. The zero-order valence-electron chi connectivity index (χ0n) is 10.1. The van der Waals surface area contributed by atoms with E-state index in [0.29, 0.717) is 16.3 Å². The molecule has 0 saturated carbocycles. The lowest BCUT2D eigenvalue weighted by molar-refractivity contribution is 0.0989. The van der Waals surface area contributed by atoms with Crippen LogP contribution in [-0.4, -0.2) is 17.9 Å². The zero-order valence-corrected chi connectivity index (χ0v) is 11.6. The van der Waals surface area contributed by atoms with Gasteiger partial charge in [0.2, 0.25) is 0 Å². The van der Waals surface area contributed by atoms with Crippen LogP contribution in [0.5, 0.6) is 5.75 Å². The molecular weight excluding hydrogens is 270 g/mol. The Morgan fingerprint density at radius 1 is 1.50 bits per heavy atom. The van der Waals surface area contributed by atoms with Crippen LogP contribution < -0.4 is 4.74 Å².